The van der Waals surface area contributed by atoms with Crippen molar-refractivity contribution in [1.29, 1.82) is 0 Å². The fourth-order valence-corrected chi connectivity index (χ4v) is 3.81. The minimum atomic E-state index is 0.597. The smallest absolute Gasteiger partial charge is 0.163 e. The summed E-state index contributed by atoms with van der Waals surface area (Å²) in [6.45, 7) is 1.29. The molecule has 0 N–H and O–H groups in total. The Labute approximate surface area is 201 Å². The number of benzene rings is 3. The van der Waals surface area contributed by atoms with Gasteiger partial charge in [-0.3, -0.25) is 4.98 Å². The number of pyridine rings is 1. The van der Waals surface area contributed by atoms with Gasteiger partial charge in [0.15, 0.2) is 11.5 Å². The first-order chi connectivity index (χ1) is 16.8. The van der Waals surface area contributed by atoms with Crippen LogP contribution in [-0.2, 0) is 13.0 Å². The highest BCUT2D eigenvalue weighted by atomic mass is 16.5. The molecule has 0 unspecified atom stereocenters. The summed E-state index contributed by atoms with van der Waals surface area (Å²) in [6.07, 6.45) is 5.53. The van der Waals surface area contributed by atoms with Crippen molar-refractivity contribution >= 4 is 11.4 Å². The van der Waals surface area contributed by atoms with Crippen LogP contribution >= 0.6 is 0 Å². The van der Waals surface area contributed by atoms with Gasteiger partial charge in [0.25, 0.3) is 0 Å². The number of aromatic nitrogens is 1. The van der Waals surface area contributed by atoms with Crippen LogP contribution in [0.15, 0.2) is 97.3 Å². The highest BCUT2D eigenvalue weighted by Crippen LogP contribution is 2.35. The minimum absolute atomic E-state index is 0.597. The third-order valence-electron chi connectivity index (χ3n) is 5.62. The Kier molecular flexibility index (Phi) is 8.01. The molecule has 0 aliphatic heterocycles. The second-order valence-electron chi connectivity index (χ2n) is 7.92. The summed E-state index contributed by atoms with van der Waals surface area (Å²) in [4.78, 5) is 6.53. The lowest BCUT2D eigenvalue weighted by atomic mass is 10.1. The van der Waals surface area contributed by atoms with Crippen molar-refractivity contribution in [3.05, 3.63) is 108 Å². The summed E-state index contributed by atoms with van der Waals surface area (Å²) >= 11 is 0. The molecule has 1 heterocycles. The van der Waals surface area contributed by atoms with E-state index in [1.165, 1.54) is 5.56 Å². The second-order valence-corrected chi connectivity index (χ2v) is 7.92. The molecule has 3 aromatic carbocycles. The summed E-state index contributed by atoms with van der Waals surface area (Å²) in [7, 11) is 3.35. The van der Waals surface area contributed by atoms with E-state index in [9.17, 15) is 0 Å². The number of para-hydroxylation sites is 1. The fraction of sp³-hybridized carbons (Fsp3) is 0.207. The molecule has 1 aromatic heterocycles. The van der Waals surface area contributed by atoms with Gasteiger partial charge in [-0.05, 0) is 66.4 Å². The SMILES string of the molecule is COc1ccc(CCCOc2cc(N(Cc3cccnc3)c3ccccc3)ccc2OC)cc1. The quantitative estimate of drug-likeness (QED) is 0.244. The fourth-order valence-electron chi connectivity index (χ4n) is 3.81. The molecule has 0 aliphatic carbocycles. The maximum absolute atomic E-state index is 6.18. The van der Waals surface area contributed by atoms with Crippen molar-refractivity contribution in [2.45, 2.75) is 19.4 Å². The number of nitrogens with zero attached hydrogens (tertiary/aromatic N) is 2. The molecule has 0 atom stereocenters. The summed E-state index contributed by atoms with van der Waals surface area (Å²) in [5.74, 6) is 2.33. The highest BCUT2D eigenvalue weighted by Gasteiger charge is 2.14. The van der Waals surface area contributed by atoms with Crippen LogP contribution in [0.2, 0.25) is 0 Å². The number of aryl methyl sites for hydroxylation is 1. The molecular formula is C29H30N2O3. The van der Waals surface area contributed by atoms with E-state index in [2.05, 4.69) is 52.3 Å². The van der Waals surface area contributed by atoms with E-state index in [-0.39, 0.29) is 0 Å². The predicted molar refractivity (Wildman–Crippen MR) is 136 cm³/mol. The molecule has 174 valence electrons. The molecule has 0 saturated carbocycles. The predicted octanol–water partition coefficient (Wildman–Crippen LogP) is 6.45. The molecule has 0 fully saturated rings. The Hall–Kier alpha value is -3.99. The maximum atomic E-state index is 6.18. The van der Waals surface area contributed by atoms with Crippen molar-refractivity contribution in [3.63, 3.8) is 0 Å². The monoisotopic (exact) mass is 454 g/mol. The minimum Gasteiger partial charge on any atom is -0.497 e. The number of anilines is 2. The largest absolute Gasteiger partial charge is 0.497 e. The lowest BCUT2D eigenvalue weighted by molar-refractivity contribution is 0.289. The third-order valence-corrected chi connectivity index (χ3v) is 5.62. The lowest BCUT2D eigenvalue weighted by Crippen LogP contribution is -2.16. The summed E-state index contributed by atoms with van der Waals surface area (Å²) in [5, 5.41) is 0. The molecule has 0 radical (unpaired) electrons. The van der Waals surface area contributed by atoms with Crippen LogP contribution in [0, 0.1) is 0 Å². The van der Waals surface area contributed by atoms with Gasteiger partial charge < -0.3 is 19.1 Å². The molecule has 0 aliphatic rings. The molecule has 0 bridgehead atoms. The van der Waals surface area contributed by atoms with E-state index in [0.717, 1.165) is 47.0 Å². The van der Waals surface area contributed by atoms with Gasteiger partial charge in [-0.15, -0.1) is 0 Å². The van der Waals surface area contributed by atoms with Gasteiger partial charge in [0.05, 0.1) is 20.8 Å². The number of hydrogen-bond acceptors (Lipinski definition) is 5. The molecule has 0 amide bonds. The van der Waals surface area contributed by atoms with Crippen molar-refractivity contribution in [3.8, 4) is 17.2 Å². The number of hydrogen-bond donors (Lipinski definition) is 0. The maximum Gasteiger partial charge on any atom is 0.163 e. The van der Waals surface area contributed by atoms with Gasteiger partial charge >= 0.3 is 0 Å². The molecule has 4 rings (SSSR count). The highest BCUT2D eigenvalue weighted by molar-refractivity contribution is 5.66. The van der Waals surface area contributed by atoms with Crippen LogP contribution < -0.4 is 19.1 Å². The summed E-state index contributed by atoms with van der Waals surface area (Å²) in [5.41, 5.74) is 4.52. The first kappa shape index (κ1) is 23.2. The summed E-state index contributed by atoms with van der Waals surface area (Å²) < 4.78 is 17.0. The Morgan fingerprint density at radius 1 is 0.735 bits per heavy atom. The molecular weight excluding hydrogens is 424 g/mol. The van der Waals surface area contributed by atoms with Crippen LogP contribution in [0.25, 0.3) is 0 Å². The van der Waals surface area contributed by atoms with Gasteiger partial charge in [0.2, 0.25) is 0 Å². The Morgan fingerprint density at radius 3 is 2.26 bits per heavy atom. The zero-order valence-electron chi connectivity index (χ0n) is 19.7. The van der Waals surface area contributed by atoms with Crippen LogP contribution in [0.5, 0.6) is 17.2 Å². The van der Waals surface area contributed by atoms with E-state index in [4.69, 9.17) is 14.2 Å². The average Bonchev–Trinajstić information content (AvgIpc) is 2.91. The lowest BCUT2D eigenvalue weighted by Gasteiger charge is -2.26. The zero-order chi connectivity index (χ0) is 23.6. The third kappa shape index (κ3) is 6.07. The van der Waals surface area contributed by atoms with E-state index >= 15 is 0 Å². The van der Waals surface area contributed by atoms with E-state index in [0.29, 0.717) is 13.2 Å². The standard InChI is InChI=1S/C29H30N2O3/c1-32-27-15-12-23(13-16-27)9-7-19-34-29-20-26(14-17-28(29)33-2)31(25-10-4-3-5-11-25)22-24-8-6-18-30-21-24/h3-6,8,10-18,20-21H,7,9,19,22H2,1-2H3. The second kappa shape index (κ2) is 11.8. The summed E-state index contributed by atoms with van der Waals surface area (Å²) in [6, 6.07) is 28.6. The van der Waals surface area contributed by atoms with Gasteiger partial charge in [0.1, 0.15) is 5.75 Å². The van der Waals surface area contributed by atoms with Gasteiger partial charge in [0, 0.05) is 36.4 Å². The number of methoxy groups -OCH3 is 2. The van der Waals surface area contributed by atoms with Crippen LogP contribution in [0.1, 0.15) is 17.5 Å². The van der Waals surface area contributed by atoms with Crippen molar-refractivity contribution in [2.24, 2.45) is 0 Å². The van der Waals surface area contributed by atoms with E-state index in [1.54, 1.807) is 20.4 Å². The van der Waals surface area contributed by atoms with Gasteiger partial charge in [-0.25, -0.2) is 0 Å². The average molecular weight is 455 g/mol. The zero-order valence-corrected chi connectivity index (χ0v) is 19.7. The van der Waals surface area contributed by atoms with Crippen molar-refractivity contribution in [1.82, 2.24) is 4.98 Å². The first-order valence-electron chi connectivity index (χ1n) is 11.4. The molecule has 5 nitrogen and oxygen atoms in total. The van der Waals surface area contributed by atoms with Gasteiger partial charge in [-0.2, -0.15) is 0 Å². The molecule has 34 heavy (non-hydrogen) atoms. The van der Waals surface area contributed by atoms with E-state index in [1.807, 2.05) is 48.7 Å². The molecule has 4 aromatic rings. The van der Waals surface area contributed by atoms with Crippen LogP contribution in [0.3, 0.4) is 0 Å². The number of rotatable bonds is 11. The normalized spacial score (nSPS) is 10.5. The Bertz CT molecular complexity index is 1150. The number of ether oxygens (including phenoxy) is 3. The van der Waals surface area contributed by atoms with Crippen LogP contribution in [0.4, 0.5) is 11.4 Å². The van der Waals surface area contributed by atoms with E-state index < -0.39 is 0 Å². The Balaban J connectivity index is 1.49. The first-order valence-corrected chi connectivity index (χ1v) is 11.4. The molecule has 0 saturated heterocycles. The van der Waals surface area contributed by atoms with Crippen molar-refractivity contribution in [2.75, 3.05) is 25.7 Å². The van der Waals surface area contributed by atoms with Crippen molar-refractivity contribution < 1.29 is 14.2 Å². The topological polar surface area (TPSA) is 43.8 Å². The van der Waals surface area contributed by atoms with Crippen LogP contribution in [-0.4, -0.2) is 25.8 Å². The van der Waals surface area contributed by atoms with Gasteiger partial charge in [-0.1, -0.05) is 36.4 Å². The Morgan fingerprint density at radius 2 is 1.56 bits per heavy atom. The molecule has 0 spiro atoms. The molecule has 5 heteroatoms.